The van der Waals surface area contributed by atoms with Crippen molar-refractivity contribution in [3.8, 4) is 0 Å². The van der Waals surface area contributed by atoms with E-state index < -0.39 is 10.0 Å². The maximum atomic E-state index is 12.0. The van der Waals surface area contributed by atoms with E-state index in [0.29, 0.717) is 13.1 Å². The standard InChI is InChI=1S/C11H24N2O2S2/c1-4-12-8-10(2)17(14,15)13-9-11(16-3)6-5-7-11/h10,12-13H,4-9H2,1-3H3. The van der Waals surface area contributed by atoms with Gasteiger partial charge in [0.1, 0.15) is 0 Å². The van der Waals surface area contributed by atoms with Crippen LogP contribution in [0.15, 0.2) is 0 Å². The van der Waals surface area contributed by atoms with Gasteiger partial charge in [-0.05, 0) is 32.6 Å². The van der Waals surface area contributed by atoms with Gasteiger partial charge < -0.3 is 5.32 Å². The van der Waals surface area contributed by atoms with Crippen LogP contribution in [0.3, 0.4) is 0 Å². The molecule has 0 aliphatic heterocycles. The summed E-state index contributed by atoms with van der Waals surface area (Å²) >= 11 is 1.79. The van der Waals surface area contributed by atoms with Crippen LogP contribution in [0.1, 0.15) is 33.1 Å². The molecule has 0 aromatic carbocycles. The van der Waals surface area contributed by atoms with Crippen LogP contribution in [0.5, 0.6) is 0 Å². The molecule has 0 aromatic heterocycles. The van der Waals surface area contributed by atoms with Gasteiger partial charge in [-0.1, -0.05) is 13.3 Å². The maximum absolute atomic E-state index is 12.0. The van der Waals surface area contributed by atoms with E-state index in [1.165, 1.54) is 6.42 Å². The molecule has 0 heterocycles. The summed E-state index contributed by atoms with van der Waals surface area (Å²) in [6.07, 6.45) is 5.53. The van der Waals surface area contributed by atoms with Gasteiger partial charge in [0.05, 0.1) is 5.25 Å². The first kappa shape index (κ1) is 15.3. The lowest BCUT2D eigenvalue weighted by atomic mass is 9.84. The Balaban J connectivity index is 2.43. The van der Waals surface area contributed by atoms with E-state index in [-0.39, 0.29) is 10.00 Å². The minimum absolute atomic E-state index is 0.158. The average molecular weight is 280 g/mol. The summed E-state index contributed by atoms with van der Waals surface area (Å²) in [7, 11) is -3.18. The quantitative estimate of drug-likeness (QED) is 0.701. The summed E-state index contributed by atoms with van der Waals surface area (Å²) < 4.78 is 26.9. The Labute approximate surface area is 109 Å². The SMILES string of the molecule is CCNCC(C)S(=O)(=O)NCC1(SC)CCC1. The molecule has 0 spiro atoms. The third-order valence-electron chi connectivity index (χ3n) is 3.50. The van der Waals surface area contributed by atoms with Crippen LogP contribution in [0.4, 0.5) is 0 Å². The Hall–Kier alpha value is 0.220. The largest absolute Gasteiger partial charge is 0.316 e. The van der Waals surface area contributed by atoms with Crippen LogP contribution in [0, 0.1) is 0 Å². The summed E-state index contributed by atoms with van der Waals surface area (Å²) in [5, 5.41) is 2.70. The molecule has 1 aliphatic rings. The van der Waals surface area contributed by atoms with Gasteiger partial charge in [-0.15, -0.1) is 0 Å². The molecule has 1 atom stereocenters. The number of hydrogen-bond donors (Lipinski definition) is 2. The second-order valence-corrected chi connectivity index (χ2v) is 8.18. The zero-order valence-corrected chi connectivity index (χ0v) is 12.6. The molecule has 0 saturated heterocycles. The third kappa shape index (κ3) is 4.12. The molecule has 1 saturated carbocycles. The van der Waals surface area contributed by atoms with Crippen molar-refractivity contribution in [3.63, 3.8) is 0 Å². The van der Waals surface area contributed by atoms with Gasteiger partial charge >= 0.3 is 0 Å². The van der Waals surface area contributed by atoms with Crippen LogP contribution in [-0.2, 0) is 10.0 Å². The van der Waals surface area contributed by atoms with Gasteiger partial charge in [0.15, 0.2) is 0 Å². The first-order chi connectivity index (χ1) is 7.96. The lowest BCUT2D eigenvalue weighted by Crippen LogP contribution is -2.48. The van der Waals surface area contributed by atoms with Crippen LogP contribution < -0.4 is 10.0 Å². The summed E-state index contributed by atoms with van der Waals surface area (Å²) in [6.45, 7) is 5.61. The van der Waals surface area contributed by atoms with Gasteiger partial charge in [-0.3, -0.25) is 0 Å². The number of nitrogens with one attached hydrogen (secondary N) is 2. The van der Waals surface area contributed by atoms with Crippen molar-refractivity contribution in [1.82, 2.24) is 10.0 Å². The predicted molar refractivity (Wildman–Crippen MR) is 75.0 cm³/mol. The van der Waals surface area contributed by atoms with Gasteiger partial charge in [0.2, 0.25) is 10.0 Å². The fourth-order valence-corrected chi connectivity index (χ4v) is 3.96. The van der Waals surface area contributed by atoms with Crippen molar-refractivity contribution in [2.45, 2.75) is 43.1 Å². The molecule has 0 radical (unpaired) electrons. The molecule has 0 aromatic rings. The molecule has 1 fully saturated rings. The monoisotopic (exact) mass is 280 g/mol. The fourth-order valence-electron chi connectivity index (χ4n) is 1.86. The first-order valence-corrected chi connectivity index (χ1v) is 8.97. The van der Waals surface area contributed by atoms with Crippen molar-refractivity contribution in [3.05, 3.63) is 0 Å². The molecule has 1 aliphatic carbocycles. The van der Waals surface area contributed by atoms with Gasteiger partial charge in [0.25, 0.3) is 0 Å². The smallest absolute Gasteiger partial charge is 0.215 e. The lowest BCUT2D eigenvalue weighted by Gasteiger charge is -2.40. The van der Waals surface area contributed by atoms with Crippen LogP contribution in [0.25, 0.3) is 0 Å². The molecule has 102 valence electrons. The molecule has 4 nitrogen and oxygen atoms in total. The predicted octanol–water partition coefficient (Wildman–Crippen LogP) is 1.19. The molecule has 1 unspecified atom stereocenters. The van der Waals surface area contributed by atoms with Gasteiger partial charge in [0, 0.05) is 17.8 Å². The minimum atomic E-state index is -3.18. The van der Waals surface area contributed by atoms with Crippen molar-refractivity contribution >= 4 is 21.8 Å². The number of thioether (sulfide) groups is 1. The van der Waals surface area contributed by atoms with Crippen molar-refractivity contribution in [2.24, 2.45) is 0 Å². The Bertz CT molecular complexity index is 321. The second-order valence-electron chi connectivity index (χ2n) is 4.73. The average Bonchev–Trinajstić information content (AvgIpc) is 2.24. The number of hydrogen-bond acceptors (Lipinski definition) is 4. The van der Waals surface area contributed by atoms with E-state index in [4.69, 9.17) is 0 Å². The molecule has 0 bridgehead atoms. The third-order valence-corrected chi connectivity index (χ3v) is 6.70. The van der Waals surface area contributed by atoms with E-state index in [9.17, 15) is 8.42 Å². The molecule has 6 heteroatoms. The summed E-state index contributed by atoms with van der Waals surface area (Å²) in [4.78, 5) is 0. The molecular weight excluding hydrogens is 256 g/mol. The first-order valence-electron chi connectivity index (χ1n) is 6.20. The summed E-state index contributed by atoms with van der Waals surface area (Å²) in [5.74, 6) is 0. The lowest BCUT2D eigenvalue weighted by molar-refractivity contribution is 0.361. The van der Waals surface area contributed by atoms with Gasteiger partial charge in [-0.25, -0.2) is 13.1 Å². The number of rotatable bonds is 8. The zero-order chi connectivity index (χ0) is 12.9. The molecule has 17 heavy (non-hydrogen) atoms. The highest BCUT2D eigenvalue weighted by molar-refractivity contribution is 8.00. The summed E-state index contributed by atoms with van der Waals surface area (Å²) in [5.41, 5.74) is 0. The highest BCUT2D eigenvalue weighted by atomic mass is 32.2. The van der Waals surface area contributed by atoms with Crippen molar-refractivity contribution in [1.29, 1.82) is 0 Å². The Morgan fingerprint density at radius 3 is 2.47 bits per heavy atom. The normalized spacial score (nSPS) is 20.9. The maximum Gasteiger partial charge on any atom is 0.215 e. The van der Waals surface area contributed by atoms with E-state index in [1.807, 2.05) is 6.92 Å². The van der Waals surface area contributed by atoms with Crippen LogP contribution in [0.2, 0.25) is 0 Å². The van der Waals surface area contributed by atoms with Crippen molar-refractivity contribution < 1.29 is 8.42 Å². The molecular formula is C11H24N2O2S2. The Morgan fingerprint density at radius 2 is 2.06 bits per heavy atom. The topological polar surface area (TPSA) is 58.2 Å². The molecule has 0 amide bonds. The van der Waals surface area contributed by atoms with Crippen molar-refractivity contribution in [2.75, 3.05) is 25.9 Å². The molecule has 1 rings (SSSR count). The van der Waals surface area contributed by atoms with Crippen LogP contribution in [-0.4, -0.2) is 44.3 Å². The van der Waals surface area contributed by atoms with E-state index in [2.05, 4.69) is 16.3 Å². The van der Waals surface area contributed by atoms with Crippen LogP contribution >= 0.6 is 11.8 Å². The van der Waals surface area contributed by atoms with E-state index in [0.717, 1.165) is 19.4 Å². The summed E-state index contributed by atoms with van der Waals surface area (Å²) in [6, 6.07) is 0. The minimum Gasteiger partial charge on any atom is -0.316 e. The zero-order valence-electron chi connectivity index (χ0n) is 11.0. The van der Waals surface area contributed by atoms with E-state index >= 15 is 0 Å². The molecule has 2 N–H and O–H groups in total. The Kier molecular flexibility index (Phi) is 5.76. The highest BCUT2D eigenvalue weighted by Crippen LogP contribution is 2.42. The van der Waals surface area contributed by atoms with E-state index in [1.54, 1.807) is 18.7 Å². The number of sulfonamides is 1. The second kappa shape index (κ2) is 6.41. The van der Waals surface area contributed by atoms with Gasteiger partial charge in [-0.2, -0.15) is 11.8 Å². The highest BCUT2D eigenvalue weighted by Gasteiger charge is 2.37. The Morgan fingerprint density at radius 1 is 1.41 bits per heavy atom. The fraction of sp³-hybridized carbons (Fsp3) is 1.00.